The maximum absolute atomic E-state index is 11.9. The molecule has 0 fully saturated rings. The van der Waals surface area contributed by atoms with Gasteiger partial charge >= 0.3 is 11.9 Å². The number of esters is 1. The van der Waals surface area contributed by atoms with Crippen LogP contribution in [0.5, 0.6) is 0 Å². The summed E-state index contributed by atoms with van der Waals surface area (Å²) in [6, 6.07) is 0. The van der Waals surface area contributed by atoms with E-state index in [1.54, 1.807) is 0 Å². The second kappa shape index (κ2) is 23.1. The van der Waals surface area contributed by atoms with Crippen molar-refractivity contribution in [2.24, 2.45) is 5.92 Å². The van der Waals surface area contributed by atoms with Gasteiger partial charge in [0, 0.05) is 0 Å². The molecule has 0 aromatic rings. The van der Waals surface area contributed by atoms with Crippen LogP contribution in [0, 0.1) is 5.92 Å². The van der Waals surface area contributed by atoms with E-state index in [0.717, 1.165) is 19.3 Å². The minimum atomic E-state index is -0.946. The van der Waals surface area contributed by atoms with Crippen molar-refractivity contribution in [3.05, 3.63) is 24.8 Å². The van der Waals surface area contributed by atoms with Gasteiger partial charge in [-0.15, -0.1) is 0 Å². The third-order valence-electron chi connectivity index (χ3n) is 5.66. The number of aliphatic carboxylic acids is 1. The Labute approximate surface area is 191 Å². The Hall–Kier alpha value is -1.58. The molecule has 1 unspecified atom stereocenters. The number of hydrogen-bond donors (Lipinski definition) is 1. The molecule has 0 heterocycles. The summed E-state index contributed by atoms with van der Waals surface area (Å²) in [5.74, 6) is -1.89. The molecule has 0 bridgehead atoms. The third kappa shape index (κ3) is 21.4. The summed E-state index contributed by atoms with van der Waals surface area (Å²) in [5, 5.41) is 8.98. The average Bonchev–Trinajstić information content (AvgIpc) is 2.75. The van der Waals surface area contributed by atoms with Crippen LogP contribution < -0.4 is 0 Å². The number of carboxylic acid groups (broad SMARTS) is 1. The van der Waals surface area contributed by atoms with Crippen molar-refractivity contribution < 1.29 is 19.4 Å². The highest BCUT2D eigenvalue weighted by Crippen LogP contribution is 2.18. The first-order valence-corrected chi connectivity index (χ1v) is 12.8. The molecular formula is C27H48O4. The van der Waals surface area contributed by atoms with Gasteiger partial charge in [-0.05, 0) is 32.1 Å². The number of allylic oxidation sites excluding steroid dienone is 2. The van der Waals surface area contributed by atoms with Crippen LogP contribution in [0.2, 0.25) is 0 Å². The number of carbonyl (C=O) groups is 2. The topological polar surface area (TPSA) is 63.6 Å². The molecule has 0 aliphatic heterocycles. The second-order valence-corrected chi connectivity index (χ2v) is 8.65. The van der Waals surface area contributed by atoms with Gasteiger partial charge in [0.25, 0.3) is 0 Å². The molecule has 0 amide bonds. The molecule has 1 atom stereocenters. The van der Waals surface area contributed by atoms with E-state index in [1.807, 2.05) is 0 Å². The van der Waals surface area contributed by atoms with Gasteiger partial charge < -0.3 is 9.84 Å². The minimum Gasteiger partial charge on any atom is -0.481 e. The zero-order valence-electron chi connectivity index (χ0n) is 20.1. The smallest absolute Gasteiger partial charge is 0.309 e. The first kappa shape index (κ1) is 29.4. The Morgan fingerprint density at radius 3 is 1.77 bits per heavy atom. The molecule has 0 aliphatic rings. The fourth-order valence-corrected chi connectivity index (χ4v) is 3.76. The molecule has 4 heteroatoms. The fourth-order valence-electron chi connectivity index (χ4n) is 3.76. The Morgan fingerprint density at radius 1 is 0.806 bits per heavy atom. The van der Waals surface area contributed by atoms with E-state index in [9.17, 15) is 9.59 Å². The SMILES string of the molecule is C=CCOC(=O)C(CCCCCCCCCCC/C=C/CCCCCCC)CC(=O)O. The van der Waals surface area contributed by atoms with Crippen LogP contribution >= 0.6 is 0 Å². The van der Waals surface area contributed by atoms with Crippen molar-refractivity contribution >= 4 is 11.9 Å². The van der Waals surface area contributed by atoms with E-state index in [1.165, 1.54) is 89.5 Å². The lowest BCUT2D eigenvalue weighted by atomic mass is 9.97. The lowest BCUT2D eigenvalue weighted by Gasteiger charge is -2.13. The molecule has 0 saturated carbocycles. The second-order valence-electron chi connectivity index (χ2n) is 8.65. The molecule has 0 aromatic carbocycles. The Bertz CT molecular complexity index is 470. The molecule has 1 N–H and O–H groups in total. The molecule has 0 radical (unpaired) electrons. The molecule has 180 valence electrons. The summed E-state index contributed by atoms with van der Waals surface area (Å²) in [5.41, 5.74) is 0. The van der Waals surface area contributed by atoms with Gasteiger partial charge in [0.15, 0.2) is 0 Å². The van der Waals surface area contributed by atoms with Crippen LogP contribution in [0.3, 0.4) is 0 Å². The van der Waals surface area contributed by atoms with Crippen molar-refractivity contribution in [3.63, 3.8) is 0 Å². The zero-order chi connectivity index (χ0) is 23.0. The minimum absolute atomic E-state index is 0.143. The number of rotatable bonds is 23. The lowest BCUT2D eigenvalue weighted by Crippen LogP contribution is -2.21. The zero-order valence-corrected chi connectivity index (χ0v) is 20.1. The summed E-state index contributed by atoms with van der Waals surface area (Å²) in [7, 11) is 0. The van der Waals surface area contributed by atoms with Gasteiger partial charge in [-0.2, -0.15) is 0 Å². The highest BCUT2D eigenvalue weighted by atomic mass is 16.5. The summed E-state index contributed by atoms with van der Waals surface area (Å²) in [4.78, 5) is 22.9. The van der Waals surface area contributed by atoms with Crippen LogP contribution in [-0.4, -0.2) is 23.7 Å². The van der Waals surface area contributed by atoms with Crippen LogP contribution in [0.1, 0.15) is 122 Å². The molecule has 0 aromatic heterocycles. The van der Waals surface area contributed by atoms with E-state index in [-0.39, 0.29) is 13.0 Å². The van der Waals surface area contributed by atoms with E-state index in [0.29, 0.717) is 6.42 Å². The quantitative estimate of drug-likeness (QED) is 0.100. The summed E-state index contributed by atoms with van der Waals surface area (Å²) in [6.45, 7) is 5.91. The molecular weight excluding hydrogens is 388 g/mol. The molecule has 0 saturated heterocycles. The molecule has 0 rings (SSSR count). The van der Waals surface area contributed by atoms with Crippen molar-refractivity contribution in [2.45, 2.75) is 122 Å². The van der Waals surface area contributed by atoms with Crippen LogP contribution in [-0.2, 0) is 14.3 Å². The van der Waals surface area contributed by atoms with Gasteiger partial charge in [0.2, 0.25) is 0 Å². The first-order chi connectivity index (χ1) is 15.1. The summed E-state index contributed by atoms with van der Waals surface area (Å²) in [6.07, 6.45) is 26.8. The standard InChI is InChI=1S/C27H48O4/c1-3-5-6-7-8-9-10-11-12-13-14-15-16-17-18-19-20-21-22-25(24-26(28)29)27(30)31-23-4-2/h4,10-11,25H,2-3,5-9,12-24H2,1H3,(H,28,29)/b11-10+. The monoisotopic (exact) mass is 436 g/mol. The molecule has 4 nitrogen and oxygen atoms in total. The maximum Gasteiger partial charge on any atom is 0.309 e. The highest BCUT2D eigenvalue weighted by molar-refractivity contribution is 5.79. The Kier molecular flexibility index (Phi) is 21.9. The average molecular weight is 437 g/mol. The van der Waals surface area contributed by atoms with Crippen LogP contribution in [0.15, 0.2) is 24.8 Å². The third-order valence-corrected chi connectivity index (χ3v) is 5.66. The molecule has 31 heavy (non-hydrogen) atoms. The predicted octanol–water partition coefficient (Wildman–Crippen LogP) is 8.01. The van der Waals surface area contributed by atoms with Gasteiger partial charge in [-0.3, -0.25) is 9.59 Å². The maximum atomic E-state index is 11.9. The van der Waals surface area contributed by atoms with Crippen molar-refractivity contribution in [1.29, 1.82) is 0 Å². The number of carboxylic acids is 1. The first-order valence-electron chi connectivity index (χ1n) is 12.8. The molecule has 0 spiro atoms. The van der Waals surface area contributed by atoms with Gasteiger partial charge in [0.1, 0.15) is 6.61 Å². The predicted molar refractivity (Wildman–Crippen MR) is 130 cm³/mol. The van der Waals surface area contributed by atoms with E-state index in [4.69, 9.17) is 9.84 Å². The molecule has 0 aliphatic carbocycles. The fraction of sp³-hybridized carbons (Fsp3) is 0.778. The van der Waals surface area contributed by atoms with E-state index >= 15 is 0 Å². The van der Waals surface area contributed by atoms with Crippen LogP contribution in [0.4, 0.5) is 0 Å². The number of ether oxygens (including phenoxy) is 1. The van der Waals surface area contributed by atoms with Crippen molar-refractivity contribution in [2.75, 3.05) is 6.61 Å². The normalized spacial score (nSPS) is 12.2. The van der Waals surface area contributed by atoms with Gasteiger partial charge in [0.05, 0.1) is 12.3 Å². The number of unbranched alkanes of at least 4 members (excludes halogenated alkanes) is 14. The summed E-state index contributed by atoms with van der Waals surface area (Å²) >= 11 is 0. The Balaban J connectivity index is 3.50. The highest BCUT2D eigenvalue weighted by Gasteiger charge is 2.22. The number of hydrogen-bond acceptors (Lipinski definition) is 3. The Morgan fingerprint density at radius 2 is 1.29 bits per heavy atom. The van der Waals surface area contributed by atoms with Crippen molar-refractivity contribution in [1.82, 2.24) is 0 Å². The van der Waals surface area contributed by atoms with Gasteiger partial charge in [-0.1, -0.05) is 109 Å². The van der Waals surface area contributed by atoms with Crippen molar-refractivity contribution in [3.8, 4) is 0 Å². The van der Waals surface area contributed by atoms with E-state index in [2.05, 4.69) is 25.7 Å². The van der Waals surface area contributed by atoms with Crippen LogP contribution in [0.25, 0.3) is 0 Å². The van der Waals surface area contributed by atoms with Gasteiger partial charge in [-0.25, -0.2) is 0 Å². The summed E-state index contributed by atoms with van der Waals surface area (Å²) < 4.78 is 5.02. The lowest BCUT2D eigenvalue weighted by molar-refractivity contribution is -0.152. The largest absolute Gasteiger partial charge is 0.481 e. The van der Waals surface area contributed by atoms with E-state index < -0.39 is 17.9 Å². The number of carbonyl (C=O) groups excluding carboxylic acids is 1.